The Hall–Kier alpha value is -1.10. The summed E-state index contributed by atoms with van der Waals surface area (Å²) in [5.74, 6) is 0.487. The minimum Gasteiger partial charge on any atom is -0.450 e. The highest BCUT2D eigenvalue weighted by Crippen LogP contribution is 2.17. The Bertz CT molecular complexity index is 343. The van der Waals surface area contributed by atoms with Crippen molar-refractivity contribution < 1.29 is 9.34 Å². The van der Waals surface area contributed by atoms with Gasteiger partial charge in [-0.2, -0.15) is 0 Å². The maximum atomic E-state index is 10.4. The quantitative estimate of drug-likeness (QED) is 0.608. The largest absolute Gasteiger partial charge is 0.450 e. The van der Waals surface area contributed by atoms with Gasteiger partial charge in [0.2, 0.25) is 5.70 Å². The number of nitro groups is 1. The van der Waals surface area contributed by atoms with Crippen LogP contribution < -0.4 is 0 Å². The standard InChI is InChI=1S/C8H8BrNO3/c1-2-6(10(11)12)5-7-3-4-8(9)13-7/h3-5H,2H2,1H3/b6-5-. The molecule has 0 aliphatic rings. The molecule has 0 N–H and O–H groups in total. The maximum Gasteiger partial charge on any atom is 0.249 e. The highest BCUT2D eigenvalue weighted by molar-refractivity contribution is 9.10. The first kappa shape index (κ1) is 9.98. The van der Waals surface area contributed by atoms with Crippen molar-refractivity contribution in [3.05, 3.63) is 38.4 Å². The van der Waals surface area contributed by atoms with Gasteiger partial charge in [0.05, 0.1) is 11.0 Å². The van der Waals surface area contributed by atoms with E-state index in [2.05, 4.69) is 15.9 Å². The molecule has 0 aliphatic carbocycles. The maximum absolute atomic E-state index is 10.4. The zero-order chi connectivity index (χ0) is 9.84. The van der Waals surface area contributed by atoms with Gasteiger partial charge in [0.1, 0.15) is 5.76 Å². The molecule has 0 saturated heterocycles. The van der Waals surface area contributed by atoms with Gasteiger partial charge in [-0.05, 0) is 28.1 Å². The van der Waals surface area contributed by atoms with E-state index < -0.39 is 4.92 Å². The third kappa shape index (κ3) is 2.69. The van der Waals surface area contributed by atoms with E-state index >= 15 is 0 Å². The van der Waals surface area contributed by atoms with Gasteiger partial charge in [0, 0.05) is 6.42 Å². The molecule has 1 rings (SSSR count). The summed E-state index contributed by atoms with van der Waals surface area (Å²) < 4.78 is 5.67. The minimum atomic E-state index is -0.406. The first-order valence-electron chi connectivity index (χ1n) is 3.73. The molecular weight excluding hydrogens is 238 g/mol. The molecule has 0 spiro atoms. The fourth-order valence-electron chi connectivity index (χ4n) is 0.854. The highest BCUT2D eigenvalue weighted by Gasteiger charge is 2.08. The van der Waals surface area contributed by atoms with E-state index in [9.17, 15) is 10.1 Å². The van der Waals surface area contributed by atoms with Crippen LogP contribution in [0.3, 0.4) is 0 Å². The van der Waals surface area contributed by atoms with E-state index in [1.165, 1.54) is 6.08 Å². The molecule has 0 unspecified atom stereocenters. The lowest BCUT2D eigenvalue weighted by atomic mass is 10.3. The van der Waals surface area contributed by atoms with E-state index in [1.807, 2.05) is 0 Å². The molecular formula is C8H8BrNO3. The highest BCUT2D eigenvalue weighted by atomic mass is 79.9. The second-order valence-corrected chi connectivity index (χ2v) is 3.17. The van der Waals surface area contributed by atoms with Crippen molar-refractivity contribution in [1.29, 1.82) is 0 Å². The number of hydrogen-bond donors (Lipinski definition) is 0. The topological polar surface area (TPSA) is 56.3 Å². The summed E-state index contributed by atoms with van der Waals surface area (Å²) in [5, 5.41) is 10.4. The molecule has 0 saturated carbocycles. The van der Waals surface area contributed by atoms with E-state index in [1.54, 1.807) is 19.1 Å². The van der Waals surface area contributed by atoms with Crippen LogP contribution in [-0.2, 0) is 0 Å². The van der Waals surface area contributed by atoms with Crippen molar-refractivity contribution in [2.24, 2.45) is 0 Å². The number of rotatable bonds is 3. The summed E-state index contributed by atoms with van der Waals surface area (Å²) >= 11 is 3.12. The lowest BCUT2D eigenvalue weighted by Gasteiger charge is -1.91. The normalized spacial score (nSPS) is 11.7. The number of nitrogens with zero attached hydrogens (tertiary/aromatic N) is 1. The van der Waals surface area contributed by atoms with Crippen molar-refractivity contribution in [2.75, 3.05) is 0 Å². The zero-order valence-electron chi connectivity index (χ0n) is 6.99. The van der Waals surface area contributed by atoms with Gasteiger partial charge in [0.25, 0.3) is 0 Å². The summed E-state index contributed by atoms with van der Waals surface area (Å²) in [7, 11) is 0. The van der Waals surface area contributed by atoms with Gasteiger partial charge in [-0.3, -0.25) is 10.1 Å². The molecule has 70 valence electrons. The molecule has 1 aromatic rings. The van der Waals surface area contributed by atoms with E-state index in [0.717, 1.165) is 0 Å². The van der Waals surface area contributed by atoms with E-state index in [0.29, 0.717) is 16.9 Å². The van der Waals surface area contributed by atoms with Gasteiger partial charge < -0.3 is 4.42 Å². The summed E-state index contributed by atoms with van der Waals surface area (Å²) in [6.07, 6.45) is 1.80. The second-order valence-electron chi connectivity index (χ2n) is 2.39. The van der Waals surface area contributed by atoms with Crippen LogP contribution in [0.2, 0.25) is 0 Å². The molecule has 5 heteroatoms. The Morgan fingerprint density at radius 1 is 1.77 bits per heavy atom. The number of halogens is 1. The lowest BCUT2D eigenvalue weighted by molar-refractivity contribution is -0.425. The van der Waals surface area contributed by atoms with Gasteiger partial charge in [-0.1, -0.05) is 6.92 Å². The summed E-state index contributed by atoms with van der Waals surface area (Å²) in [6, 6.07) is 3.36. The van der Waals surface area contributed by atoms with Gasteiger partial charge in [0.15, 0.2) is 4.67 Å². The molecule has 0 atom stereocenters. The van der Waals surface area contributed by atoms with Crippen LogP contribution in [0.5, 0.6) is 0 Å². The van der Waals surface area contributed by atoms with Crippen LogP contribution in [0.15, 0.2) is 26.9 Å². The van der Waals surface area contributed by atoms with Crippen LogP contribution in [-0.4, -0.2) is 4.92 Å². The van der Waals surface area contributed by atoms with Crippen molar-refractivity contribution >= 4 is 22.0 Å². The smallest absolute Gasteiger partial charge is 0.249 e. The number of furan rings is 1. The average Bonchev–Trinajstić information content (AvgIpc) is 2.46. The SMILES string of the molecule is CC/C(=C/c1ccc(Br)o1)[N+](=O)[O-]. The summed E-state index contributed by atoms with van der Waals surface area (Å²) in [5.41, 5.74) is 0.141. The second kappa shape index (κ2) is 4.23. The minimum absolute atomic E-state index is 0.141. The summed E-state index contributed by atoms with van der Waals surface area (Å²) in [4.78, 5) is 10.0. The number of hydrogen-bond acceptors (Lipinski definition) is 3. The third-order valence-electron chi connectivity index (χ3n) is 1.50. The number of allylic oxidation sites excluding steroid dienone is 1. The Kier molecular flexibility index (Phi) is 3.25. The molecule has 0 amide bonds. The average molecular weight is 246 g/mol. The molecule has 0 bridgehead atoms. The Morgan fingerprint density at radius 2 is 2.46 bits per heavy atom. The van der Waals surface area contributed by atoms with Gasteiger partial charge in [-0.15, -0.1) is 0 Å². The van der Waals surface area contributed by atoms with E-state index in [-0.39, 0.29) is 5.70 Å². The molecule has 0 aliphatic heterocycles. The van der Waals surface area contributed by atoms with Gasteiger partial charge in [-0.25, -0.2) is 0 Å². The molecule has 13 heavy (non-hydrogen) atoms. The van der Waals surface area contributed by atoms with Crippen LogP contribution in [0.25, 0.3) is 6.08 Å². The molecule has 0 radical (unpaired) electrons. The fraction of sp³-hybridized carbons (Fsp3) is 0.250. The predicted molar refractivity (Wildman–Crippen MR) is 51.7 cm³/mol. The van der Waals surface area contributed by atoms with Crippen LogP contribution in [0, 0.1) is 10.1 Å². The van der Waals surface area contributed by atoms with Crippen molar-refractivity contribution in [3.8, 4) is 0 Å². The molecule has 4 nitrogen and oxygen atoms in total. The van der Waals surface area contributed by atoms with Crippen LogP contribution >= 0.6 is 15.9 Å². The fourth-order valence-corrected chi connectivity index (χ4v) is 1.17. The van der Waals surface area contributed by atoms with Crippen molar-refractivity contribution in [2.45, 2.75) is 13.3 Å². The van der Waals surface area contributed by atoms with Crippen molar-refractivity contribution in [1.82, 2.24) is 0 Å². The molecule has 0 aromatic carbocycles. The Morgan fingerprint density at radius 3 is 2.85 bits per heavy atom. The summed E-state index contributed by atoms with van der Waals surface area (Å²) in [6.45, 7) is 1.73. The molecule has 1 aromatic heterocycles. The third-order valence-corrected chi connectivity index (χ3v) is 1.93. The first-order chi connectivity index (χ1) is 6.13. The van der Waals surface area contributed by atoms with Crippen LogP contribution in [0.4, 0.5) is 0 Å². The monoisotopic (exact) mass is 245 g/mol. The molecule has 0 fully saturated rings. The Labute approximate surface area is 83.5 Å². The van der Waals surface area contributed by atoms with E-state index in [4.69, 9.17) is 4.42 Å². The lowest BCUT2D eigenvalue weighted by Crippen LogP contribution is -1.95. The zero-order valence-corrected chi connectivity index (χ0v) is 8.58. The molecule has 1 heterocycles. The predicted octanol–water partition coefficient (Wildman–Crippen LogP) is 3.07. The first-order valence-corrected chi connectivity index (χ1v) is 4.53. The Balaban J connectivity index is 2.91. The van der Waals surface area contributed by atoms with Crippen LogP contribution in [0.1, 0.15) is 19.1 Å². The van der Waals surface area contributed by atoms with Crippen molar-refractivity contribution in [3.63, 3.8) is 0 Å². The van der Waals surface area contributed by atoms with Gasteiger partial charge >= 0.3 is 0 Å².